The topological polar surface area (TPSA) is 71.3 Å². The van der Waals surface area contributed by atoms with E-state index in [1.54, 1.807) is 4.68 Å². The van der Waals surface area contributed by atoms with Crippen LogP contribution in [0.1, 0.15) is 16.8 Å². The minimum absolute atomic E-state index is 0.122. The van der Waals surface area contributed by atoms with Crippen LogP contribution in [0.3, 0.4) is 0 Å². The van der Waals surface area contributed by atoms with Gasteiger partial charge in [-0.3, -0.25) is 4.79 Å². The number of carbonyl (C=O) groups excluding carboxylic acids is 1. The highest BCUT2D eigenvalue weighted by molar-refractivity contribution is 6.32. The SMILES string of the molecule is Cc1cccc(NCC(=O)NN=Cc2c(C)nn(-c3ccccc3)c2Cl)c1. The third kappa shape index (κ3) is 4.74. The van der Waals surface area contributed by atoms with Crippen molar-refractivity contribution in [2.45, 2.75) is 13.8 Å². The Bertz CT molecular complexity index is 966. The predicted molar refractivity (Wildman–Crippen MR) is 109 cm³/mol. The van der Waals surface area contributed by atoms with Crippen LogP contribution in [0.15, 0.2) is 59.7 Å². The van der Waals surface area contributed by atoms with E-state index in [-0.39, 0.29) is 12.5 Å². The zero-order chi connectivity index (χ0) is 19.2. The highest BCUT2D eigenvalue weighted by Gasteiger charge is 2.13. The largest absolute Gasteiger partial charge is 0.376 e. The van der Waals surface area contributed by atoms with Gasteiger partial charge in [-0.2, -0.15) is 10.2 Å². The van der Waals surface area contributed by atoms with Gasteiger partial charge in [-0.05, 0) is 43.7 Å². The molecule has 2 aromatic carbocycles. The van der Waals surface area contributed by atoms with E-state index in [1.165, 1.54) is 6.21 Å². The normalized spacial score (nSPS) is 10.9. The number of amides is 1. The number of hydrogen-bond acceptors (Lipinski definition) is 4. The van der Waals surface area contributed by atoms with Crippen LogP contribution in [0.2, 0.25) is 5.15 Å². The van der Waals surface area contributed by atoms with Gasteiger partial charge in [0, 0.05) is 5.69 Å². The van der Waals surface area contributed by atoms with Crippen molar-refractivity contribution in [3.63, 3.8) is 0 Å². The number of nitrogens with zero attached hydrogens (tertiary/aromatic N) is 3. The first-order chi connectivity index (χ1) is 13.0. The van der Waals surface area contributed by atoms with Gasteiger partial charge >= 0.3 is 0 Å². The molecule has 0 unspecified atom stereocenters. The molecule has 0 bridgehead atoms. The lowest BCUT2D eigenvalue weighted by Crippen LogP contribution is -2.25. The van der Waals surface area contributed by atoms with Gasteiger partial charge in [0.25, 0.3) is 5.91 Å². The van der Waals surface area contributed by atoms with Crippen molar-refractivity contribution in [1.82, 2.24) is 15.2 Å². The number of benzene rings is 2. The monoisotopic (exact) mass is 381 g/mol. The summed E-state index contributed by atoms with van der Waals surface area (Å²) in [4.78, 5) is 11.9. The van der Waals surface area contributed by atoms with E-state index >= 15 is 0 Å². The number of para-hydroxylation sites is 1. The lowest BCUT2D eigenvalue weighted by molar-refractivity contribution is -0.119. The summed E-state index contributed by atoms with van der Waals surface area (Å²) in [5.74, 6) is -0.253. The number of halogens is 1. The first-order valence-electron chi connectivity index (χ1n) is 8.47. The van der Waals surface area contributed by atoms with Crippen molar-refractivity contribution in [1.29, 1.82) is 0 Å². The Labute approximate surface area is 162 Å². The van der Waals surface area contributed by atoms with Gasteiger partial charge in [-0.1, -0.05) is 41.9 Å². The highest BCUT2D eigenvalue weighted by Crippen LogP contribution is 2.21. The van der Waals surface area contributed by atoms with Crippen LogP contribution in [0.25, 0.3) is 5.69 Å². The third-order valence-electron chi connectivity index (χ3n) is 3.90. The highest BCUT2D eigenvalue weighted by atomic mass is 35.5. The van der Waals surface area contributed by atoms with Gasteiger partial charge in [-0.15, -0.1) is 0 Å². The second-order valence-corrected chi connectivity index (χ2v) is 6.41. The van der Waals surface area contributed by atoms with E-state index < -0.39 is 0 Å². The molecule has 0 spiro atoms. The van der Waals surface area contributed by atoms with E-state index in [0.717, 1.165) is 22.6 Å². The zero-order valence-electron chi connectivity index (χ0n) is 15.1. The molecule has 1 amide bonds. The van der Waals surface area contributed by atoms with Crippen LogP contribution in [0, 0.1) is 13.8 Å². The van der Waals surface area contributed by atoms with Crippen LogP contribution in [0.4, 0.5) is 5.69 Å². The van der Waals surface area contributed by atoms with E-state index in [4.69, 9.17) is 11.6 Å². The Hall–Kier alpha value is -3.12. The van der Waals surface area contributed by atoms with E-state index in [2.05, 4.69) is 20.9 Å². The fourth-order valence-electron chi connectivity index (χ4n) is 2.54. The summed E-state index contributed by atoms with van der Waals surface area (Å²) in [7, 11) is 0. The minimum Gasteiger partial charge on any atom is -0.376 e. The quantitative estimate of drug-likeness (QED) is 0.505. The van der Waals surface area contributed by atoms with Gasteiger partial charge in [0.15, 0.2) is 0 Å². The summed E-state index contributed by atoms with van der Waals surface area (Å²) in [6.45, 7) is 3.96. The number of aryl methyl sites for hydroxylation is 2. The smallest absolute Gasteiger partial charge is 0.259 e. The van der Waals surface area contributed by atoms with Gasteiger partial charge in [0.05, 0.1) is 29.7 Å². The predicted octanol–water partition coefficient (Wildman–Crippen LogP) is 3.70. The molecule has 0 radical (unpaired) electrons. The first kappa shape index (κ1) is 18.7. The van der Waals surface area contributed by atoms with Gasteiger partial charge in [-0.25, -0.2) is 10.1 Å². The standard InChI is InChI=1S/C20H20ClN5O/c1-14-7-6-8-16(11-14)22-13-19(27)24-23-12-18-15(2)25-26(20(18)21)17-9-4-3-5-10-17/h3-12,22H,13H2,1-2H3,(H,24,27). The van der Waals surface area contributed by atoms with Crippen molar-refractivity contribution in [3.05, 3.63) is 76.6 Å². The molecular formula is C20H20ClN5O. The van der Waals surface area contributed by atoms with Crippen LogP contribution < -0.4 is 10.7 Å². The molecule has 0 fully saturated rings. The molecule has 0 saturated carbocycles. The fraction of sp³-hybridized carbons (Fsp3) is 0.150. The Morgan fingerprint density at radius 2 is 1.96 bits per heavy atom. The molecule has 6 nitrogen and oxygen atoms in total. The number of anilines is 1. The van der Waals surface area contributed by atoms with Crippen molar-refractivity contribution in [2.75, 3.05) is 11.9 Å². The summed E-state index contributed by atoms with van der Waals surface area (Å²) in [5.41, 5.74) is 6.74. The van der Waals surface area contributed by atoms with Crippen LogP contribution >= 0.6 is 11.6 Å². The molecular weight excluding hydrogens is 362 g/mol. The molecule has 2 N–H and O–H groups in total. The Morgan fingerprint density at radius 3 is 2.70 bits per heavy atom. The Morgan fingerprint density at radius 1 is 1.19 bits per heavy atom. The van der Waals surface area contributed by atoms with Crippen LogP contribution in [0.5, 0.6) is 0 Å². The average molecular weight is 382 g/mol. The number of rotatable bonds is 6. The molecule has 0 aliphatic rings. The molecule has 0 aliphatic carbocycles. The average Bonchev–Trinajstić information content (AvgIpc) is 2.95. The van der Waals surface area contributed by atoms with E-state index in [0.29, 0.717) is 10.7 Å². The van der Waals surface area contributed by atoms with Gasteiger partial charge < -0.3 is 5.32 Å². The molecule has 1 aromatic heterocycles. The van der Waals surface area contributed by atoms with E-state index in [9.17, 15) is 4.79 Å². The van der Waals surface area contributed by atoms with Crippen molar-refractivity contribution in [3.8, 4) is 5.69 Å². The van der Waals surface area contributed by atoms with E-state index in [1.807, 2.05) is 68.4 Å². The van der Waals surface area contributed by atoms with Crippen molar-refractivity contribution < 1.29 is 4.79 Å². The molecule has 0 atom stereocenters. The number of carbonyl (C=O) groups is 1. The summed E-state index contributed by atoms with van der Waals surface area (Å²) in [6, 6.07) is 17.4. The molecule has 3 aromatic rings. The maximum atomic E-state index is 11.9. The summed E-state index contributed by atoms with van der Waals surface area (Å²) >= 11 is 6.42. The van der Waals surface area contributed by atoms with Gasteiger partial charge in [0.1, 0.15) is 5.15 Å². The zero-order valence-corrected chi connectivity index (χ0v) is 15.9. The first-order valence-corrected chi connectivity index (χ1v) is 8.85. The van der Waals surface area contributed by atoms with Gasteiger partial charge in [0.2, 0.25) is 0 Å². The molecule has 1 heterocycles. The summed E-state index contributed by atoms with van der Waals surface area (Å²) in [5, 5.41) is 11.9. The number of hydrogen-bond donors (Lipinski definition) is 2. The Balaban J connectivity index is 1.61. The third-order valence-corrected chi connectivity index (χ3v) is 4.27. The molecule has 0 aliphatic heterocycles. The lowest BCUT2D eigenvalue weighted by Gasteiger charge is -2.05. The Kier molecular flexibility index (Phi) is 5.88. The van der Waals surface area contributed by atoms with Crippen molar-refractivity contribution in [2.24, 2.45) is 5.10 Å². The number of hydrazone groups is 1. The number of nitrogens with one attached hydrogen (secondary N) is 2. The molecule has 27 heavy (non-hydrogen) atoms. The fourth-order valence-corrected chi connectivity index (χ4v) is 2.86. The lowest BCUT2D eigenvalue weighted by atomic mass is 10.2. The molecule has 3 rings (SSSR count). The number of aromatic nitrogens is 2. The second-order valence-electron chi connectivity index (χ2n) is 6.05. The van der Waals surface area contributed by atoms with Crippen LogP contribution in [-0.2, 0) is 4.79 Å². The van der Waals surface area contributed by atoms with Crippen molar-refractivity contribution >= 4 is 29.4 Å². The van der Waals surface area contributed by atoms with Crippen LogP contribution in [-0.4, -0.2) is 28.4 Å². The molecule has 0 saturated heterocycles. The summed E-state index contributed by atoms with van der Waals surface area (Å²) in [6.07, 6.45) is 1.51. The minimum atomic E-state index is -0.253. The molecule has 138 valence electrons. The second kappa shape index (κ2) is 8.51. The maximum Gasteiger partial charge on any atom is 0.259 e. The maximum absolute atomic E-state index is 11.9. The molecule has 7 heteroatoms. The summed E-state index contributed by atoms with van der Waals surface area (Å²) < 4.78 is 1.64.